The first kappa shape index (κ1) is 14.1. The lowest BCUT2D eigenvalue weighted by molar-refractivity contribution is -0.385. The van der Waals surface area contributed by atoms with Crippen LogP contribution in [0.2, 0.25) is 5.02 Å². The summed E-state index contributed by atoms with van der Waals surface area (Å²) in [7, 11) is 0. The molecule has 3 rings (SSSR count). The Hall–Kier alpha value is -1.88. The highest BCUT2D eigenvalue weighted by Gasteiger charge is 2.60. The molecule has 3 atom stereocenters. The number of carboxylic acids is 1. The summed E-state index contributed by atoms with van der Waals surface area (Å²) in [4.78, 5) is 22.5. The van der Waals surface area contributed by atoms with Crippen molar-refractivity contribution in [2.45, 2.75) is 25.2 Å². The highest BCUT2D eigenvalue weighted by Crippen LogP contribution is 2.61. The van der Waals surface area contributed by atoms with E-state index in [9.17, 15) is 20.0 Å². The van der Waals surface area contributed by atoms with Crippen molar-refractivity contribution in [3.05, 3.63) is 51.1 Å². The highest BCUT2D eigenvalue weighted by molar-refractivity contribution is 6.31. The smallest absolute Gasteiger partial charge is 0.314 e. The number of nitrogens with zero attached hydrogens (tertiary/aromatic N) is 1. The lowest BCUT2D eigenvalue weighted by Gasteiger charge is -2.33. The normalized spacial score (nSPS) is 33.3. The molecule has 5 nitrogen and oxygen atoms in total. The summed E-state index contributed by atoms with van der Waals surface area (Å²) in [5, 5.41) is 21.1. The SMILES string of the molecule is CC12C=CC(C1)C(C(=O)O)(c1cc([N+](=O)[O-])ccc1Cl)C2. The van der Waals surface area contributed by atoms with Gasteiger partial charge in [-0.05, 0) is 35.8 Å². The van der Waals surface area contributed by atoms with E-state index in [0.717, 1.165) is 6.42 Å². The standard InChI is InChI=1S/C15H14ClNO4/c1-14-5-4-9(7-14)15(8-14,13(18)19)11-6-10(17(20)21)2-3-12(11)16/h2-6,9H,7-8H2,1H3,(H,18,19). The average molecular weight is 308 g/mol. The number of halogens is 1. The summed E-state index contributed by atoms with van der Waals surface area (Å²) in [5.74, 6) is -1.15. The van der Waals surface area contributed by atoms with Gasteiger partial charge in [0.05, 0.1) is 4.92 Å². The quantitative estimate of drug-likeness (QED) is 0.526. The van der Waals surface area contributed by atoms with Crippen molar-refractivity contribution in [3.8, 4) is 0 Å². The van der Waals surface area contributed by atoms with E-state index in [1.165, 1.54) is 18.2 Å². The van der Waals surface area contributed by atoms with Crippen molar-refractivity contribution >= 4 is 23.3 Å². The maximum atomic E-state index is 12.0. The van der Waals surface area contributed by atoms with Gasteiger partial charge in [0.2, 0.25) is 0 Å². The minimum atomic E-state index is -1.17. The second-order valence-electron chi connectivity index (χ2n) is 6.20. The van der Waals surface area contributed by atoms with Crippen LogP contribution in [0.5, 0.6) is 0 Å². The average Bonchev–Trinajstić information content (AvgIpc) is 2.92. The second kappa shape index (κ2) is 4.31. The first-order valence-electron chi connectivity index (χ1n) is 6.66. The van der Waals surface area contributed by atoms with Crippen molar-refractivity contribution in [3.63, 3.8) is 0 Å². The molecule has 0 aliphatic heterocycles. The van der Waals surface area contributed by atoms with Crippen LogP contribution >= 0.6 is 11.6 Å². The molecule has 0 saturated heterocycles. The van der Waals surface area contributed by atoms with Gasteiger partial charge in [0.1, 0.15) is 5.41 Å². The van der Waals surface area contributed by atoms with Gasteiger partial charge in [-0.2, -0.15) is 0 Å². The lowest BCUT2D eigenvalue weighted by Crippen LogP contribution is -2.40. The molecule has 110 valence electrons. The summed E-state index contributed by atoms with van der Waals surface area (Å²) >= 11 is 6.19. The fraction of sp³-hybridized carbons (Fsp3) is 0.400. The number of hydrogen-bond donors (Lipinski definition) is 1. The molecule has 2 bridgehead atoms. The number of rotatable bonds is 3. The maximum absolute atomic E-state index is 12.0. The molecule has 1 N–H and O–H groups in total. The van der Waals surface area contributed by atoms with Gasteiger partial charge in [-0.15, -0.1) is 0 Å². The van der Waals surface area contributed by atoms with Crippen LogP contribution in [0.15, 0.2) is 30.4 Å². The number of carboxylic acid groups (broad SMARTS) is 1. The Morgan fingerprint density at radius 2 is 2.24 bits per heavy atom. The third-order valence-corrected chi connectivity index (χ3v) is 5.09. The van der Waals surface area contributed by atoms with Crippen LogP contribution < -0.4 is 0 Å². The van der Waals surface area contributed by atoms with Crippen LogP contribution in [0.3, 0.4) is 0 Å². The number of non-ortho nitro benzene ring substituents is 1. The van der Waals surface area contributed by atoms with E-state index < -0.39 is 16.3 Å². The van der Waals surface area contributed by atoms with Gasteiger partial charge in [-0.1, -0.05) is 30.7 Å². The third-order valence-electron chi connectivity index (χ3n) is 4.76. The minimum absolute atomic E-state index is 0.132. The van der Waals surface area contributed by atoms with E-state index in [4.69, 9.17) is 11.6 Å². The molecule has 2 aliphatic carbocycles. The van der Waals surface area contributed by atoms with E-state index in [0.29, 0.717) is 12.0 Å². The largest absolute Gasteiger partial charge is 0.481 e. The number of hydrogen-bond acceptors (Lipinski definition) is 3. The molecule has 1 aromatic carbocycles. The molecule has 0 aromatic heterocycles. The number of fused-ring (bicyclic) bond motifs is 2. The third kappa shape index (κ3) is 1.87. The van der Waals surface area contributed by atoms with Crippen molar-refractivity contribution in [2.75, 3.05) is 0 Å². The van der Waals surface area contributed by atoms with Crippen LogP contribution in [0.25, 0.3) is 0 Å². The maximum Gasteiger partial charge on any atom is 0.314 e. The summed E-state index contributed by atoms with van der Waals surface area (Å²) in [6.45, 7) is 2.01. The lowest BCUT2D eigenvalue weighted by atomic mass is 9.68. The summed E-state index contributed by atoms with van der Waals surface area (Å²) in [5.41, 5.74) is -1.14. The Morgan fingerprint density at radius 1 is 1.52 bits per heavy atom. The van der Waals surface area contributed by atoms with E-state index in [1.54, 1.807) is 0 Å². The Morgan fingerprint density at radius 3 is 2.71 bits per heavy atom. The summed E-state index contributed by atoms with van der Waals surface area (Å²) in [6, 6.07) is 4.03. The molecule has 21 heavy (non-hydrogen) atoms. The molecule has 3 unspecified atom stereocenters. The van der Waals surface area contributed by atoms with Crippen molar-refractivity contribution in [2.24, 2.45) is 11.3 Å². The van der Waals surface area contributed by atoms with Crippen LogP contribution in [0, 0.1) is 21.4 Å². The molecular weight excluding hydrogens is 294 g/mol. The minimum Gasteiger partial charge on any atom is -0.481 e. The van der Waals surface area contributed by atoms with Crippen LogP contribution in [0.1, 0.15) is 25.3 Å². The summed E-state index contributed by atoms with van der Waals surface area (Å²) < 4.78 is 0. The van der Waals surface area contributed by atoms with Gasteiger partial charge >= 0.3 is 5.97 Å². The molecule has 1 fully saturated rings. The van der Waals surface area contributed by atoms with Gasteiger partial charge in [0.25, 0.3) is 5.69 Å². The molecule has 2 aliphatic rings. The van der Waals surface area contributed by atoms with Gasteiger partial charge in [0, 0.05) is 17.2 Å². The molecule has 0 spiro atoms. The van der Waals surface area contributed by atoms with Gasteiger partial charge in [-0.3, -0.25) is 14.9 Å². The molecule has 0 radical (unpaired) electrons. The van der Waals surface area contributed by atoms with E-state index in [1.807, 2.05) is 19.1 Å². The fourth-order valence-electron chi connectivity index (χ4n) is 3.84. The molecule has 1 aromatic rings. The van der Waals surface area contributed by atoms with Crippen molar-refractivity contribution < 1.29 is 14.8 Å². The number of benzene rings is 1. The molecule has 0 heterocycles. The molecular formula is C15H14ClNO4. The molecule has 1 saturated carbocycles. The zero-order valence-electron chi connectivity index (χ0n) is 11.4. The zero-order chi connectivity index (χ0) is 15.4. The Balaban J connectivity index is 2.21. The predicted molar refractivity (Wildman–Crippen MR) is 77.4 cm³/mol. The topological polar surface area (TPSA) is 80.4 Å². The van der Waals surface area contributed by atoms with Gasteiger partial charge < -0.3 is 5.11 Å². The first-order chi connectivity index (χ1) is 9.78. The van der Waals surface area contributed by atoms with E-state index in [2.05, 4.69) is 0 Å². The summed E-state index contributed by atoms with van der Waals surface area (Å²) in [6.07, 6.45) is 5.10. The molecule has 0 amide bonds. The van der Waals surface area contributed by atoms with E-state index >= 15 is 0 Å². The number of nitro benzene ring substituents is 1. The van der Waals surface area contributed by atoms with Crippen LogP contribution in [-0.2, 0) is 10.2 Å². The number of allylic oxidation sites excluding steroid dienone is 2. The van der Waals surface area contributed by atoms with Crippen molar-refractivity contribution in [1.82, 2.24) is 0 Å². The van der Waals surface area contributed by atoms with Crippen LogP contribution in [0.4, 0.5) is 5.69 Å². The van der Waals surface area contributed by atoms with Crippen LogP contribution in [-0.4, -0.2) is 16.0 Å². The van der Waals surface area contributed by atoms with Gasteiger partial charge in [-0.25, -0.2) is 0 Å². The Bertz CT molecular complexity index is 686. The van der Waals surface area contributed by atoms with Gasteiger partial charge in [0.15, 0.2) is 0 Å². The van der Waals surface area contributed by atoms with E-state index in [-0.39, 0.29) is 22.0 Å². The van der Waals surface area contributed by atoms with Crippen molar-refractivity contribution in [1.29, 1.82) is 0 Å². The highest BCUT2D eigenvalue weighted by atomic mass is 35.5. The zero-order valence-corrected chi connectivity index (χ0v) is 12.1. The molecule has 6 heteroatoms. The second-order valence-corrected chi connectivity index (χ2v) is 6.61. The number of carbonyl (C=O) groups is 1. The first-order valence-corrected chi connectivity index (χ1v) is 7.03. The Labute approximate surface area is 126 Å². The Kier molecular flexibility index (Phi) is 2.89. The monoisotopic (exact) mass is 307 g/mol. The number of aliphatic carboxylic acids is 1. The number of nitro groups is 1. The predicted octanol–water partition coefficient (Wildman–Crippen LogP) is 3.56. The fourth-order valence-corrected chi connectivity index (χ4v) is 4.12.